The molecule has 0 atom stereocenters. The van der Waals surface area contributed by atoms with E-state index in [-0.39, 0.29) is 5.91 Å². The molecule has 0 radical (unpaired) electrons. The third-order valence-corrected chi connectivity index (χ3v) is 5.38. The lowest BCUT2D eigenvalue weighted by Crippen LogP contribution is -3.16. The Kier molecular flexibility index (Phi) is 7.61. The third-order valence-electron chi connectivity index (χ3n) is 5.14. The summed E-state index contributed by atoms with van der Waals surface area (Å²) in [5.41, 5.74) is 2.42. The Bertz CT molecular complexity index is 823. The van der Waals surface area contributed by atoms with Gasteiger partial charge in [0.1, 0.15) is 6.61 Å². The lowest BCUT2D eigenvalue weighted by molar-refractivity contribution is -0.892. The minimum Gasteiger partial charge on any atom is -0.493 e. The fourth-order valence-corrected chi connectivity index (χ4v) is 3.71. The molecule has 0 saturated carbocycles. The molecule has 0 spiro atoms. The lowest BCUT2D eigenvalue weighted by Gasteiger charge is -2.34. The maximum Gasteiger partial charge on any atom is 0.275 e. The van der Waals surface area contributed by atoms with Gasteiger partial charge in [-0.1, -0.05) is 29.8 Å². The average molecular weight is 419 g/mol. The predicted octanol–water partition coefficient (Wildman–Crippen LogP) is 1.56. The van der Waals surface area contributed by atoms with Gasteiger partial charge in [-0.3, -0.25) is 4.79 Å². The Morgan fingerprint density at radius 1 is 1.17 bits per heavy atom. The second-order valence-corrected chi connectivity index (χ2v) is 7.63. The zero-order valence-corrected chi connectivity index (χ0v) is 17.8. The number of carbonyl (C=O) groups is 1. The Labute approximate surface area is 177 Å². The Morgan fingerprint density at radius 3 is 2.62 bits per heavy atom. The molecule has 0 unspecified atom stereocenters. The normalized spacial score (nSPS) is 14.5. The van der Waals surface area contributed by atoms with E-state index in [1.165, 1.54) is 16.2 Å². The van der Waals surface area contributed by atoms with Crippen LogP contribution in [0.4, 0.5) is 5.69 Å². The quantitative estimate of drug-likeness (QED) is 0.639. The van der Waals surface area contributed by atoms with Crippen molar-refractivity contribution in [2.24, 2.45) is 0 Å². The maximum absolute atomic E-state index is 12.3. The largest absolute Gasteiger partial charge is 0.493 e. The number of piperazine rings is 1. The highest BCUT2D eigenvalue weighted by Crippen LogP contribution is 2.25. The number of halogens is 1. The molecule has 7 heteroatoms. The fraction of sp³-hybridized carbons (Fsp3) is 0.409. The van der Waals surface area contributed by atoms with E-state index < -0.39 is 0 Å². The van der Waals surface area contributed by atoms with Gasteiger partial charge in [-0.15, -0.1) is 0 Å². The van der Waals surface area contributed by atoms with Crippen molar-refractivity contribution in [2.75, 3.05) is 57.9 Å². The van der Waals surface area contributed by atoms with Crippen LogP contribution in [0.25, 0.3) is 0 Å². The molecule has 0 aromatic heterocycles. The number of nitrogens with zero attached hydrogens (tertiary/aromatic N) is 1. The number of methoxy groups -OCH3 is 1. The van der Waals surface area contributed by atoms with Crippen molar-refractivity contribution in [1.82, 2.24) is 5.32 Å². The molecule has 1 fully saturated rings. The van der Waals surface area contributed by atoms with E-state index in [1.54, 1.807) is 7.11 Å². The summed E-state index contributed by atoms with van der Waals surface area (Å²) in [6.07, 6.45) is 0. The highest BCUT2D eigenvalue weighted by molar-refractivity contribution is 6.30. The first-order valence-corrected chi connectivity index (χ1v) is 10.3. The molecule has 2 aromatic carbocycles. The first-order chi connectivity index (χ1) is 14.1. The first kappa shape index (κ1) is 21.3. The SMILES string of the molecule is COc1ccccc1OCCNC(=O)C[NH+]1CCN(c2cc(Cl)ccc2C)CC1. The van der Waals surface area contributed by atoms with Crippen LogP contribution in [0, 0.1) is 6.92 Å². The van der Waals surface area contributed by atoms with Gasteiger partial charge in [0.2, 0.25) is 0 Å². The van der Waals surface area contributed by atoms with Crippen LogP contribution in [0.5, 0.6) is 11.5 Å². The second-order valence-electron chi connectivity index (χ2n) is 7.19. The molecule has 1 amide bonds. The van der Waals surface area contributed by atoms with Crippen molar-refractivity contribution in [3.8, 4) is 11.5 Å². The highest BCUT2D eigenvalue weighted by Gasteiger charge is 2.23. The second kappa shape index (κ2) is 10.4. The molecule has 3 rings (SSSR count). The molecule has 1 saturated heterocycles. The van der Waals surface area contributed by atoms with E-state index in [9.17, 15) is 4.79 Å². The molecule has 2 aromatic rings. The van der Waals surface area contributed by atoms with Crippen LogP contribution in [-0.4, -0.2) is 58.9 Å². The van der Waals surface area contributed by atoms with Gasteiger partial charge in [0, 0.05) is 10.7 Å². The number of hydrogen-bond acceptors (Lipinski definition) is 4. The van der Waals surface area contributed by atoms with E-state index in [4.69, 9.17) is 21.1 Å². The number of quaternary nitrogens is 1. The number of carbonyl (C=O) groups excluding carboxylic acids is 1. The minimum atomic E-state index is 0.0519. The number of benzene rings is 2. The summed E-state index contributed by atoms with van der Waals surface area (Å²) in [7, 11) is 1.61. The molecule has 1 heterocycles. The first-order valence-electron chi connectivity index (χ1n) is 9.94. The summed E-state index contributed by atoms with van der Waals surface area (Å²) in [6.45, 7) is 7.15. The monoisotopic (exact) mass is 418 g/mol. The summed E-state index contributed by atoms with van der Waals surface area (Å²) in [4.78, 5) is 15.9. The Morgan fingerprint density at radius 2 is 1.90 bits per heavy atom. The lowest BCUT2D eigenvalue weighted by atomic mass is 10.1. The number of rotatable bonds is 8. The van der Waals surface area contributed by atoms with Crippen LogP contribution in [0.15, 0.2) is 42.5 Å². The number of hydrogen-bond donors (Lipinski definition) is 2. The number of anilines is 1. The van der Waals surface area contributed by atoms with Gasteiger partial charge < -0.3 is 24.6 Å². The van der Waals surface area contributed by atoms with Gasteiger partial charge in [-0.05, 0) is 36.8 Å². The average Bonchev–Trinajstić information content (AvgIpc) is 2.74. The summed E-state index contributed by atoms with van der Waals surface area (Å²) < 4.78 is 10.9. The van der Waals surface area contributed by atoms with Gasteiger partial charge in [-0.2, -0.15) is 0 Å². The van der Waals surface area contributed by atoms with Crippen molar-refractivity contribution in [3.63, 3.8) is 0 Å². The number of ether oxygens (including phenoxy) is 2. The smallest absolute Gasteiger partial charge is 0.275 e. The molecule has 1 aliphatic rings. The summed E-state index contributed by atoms with van der Waals surface area (Å²) in [5, 5.41) is 3.70. The van der Waals surface area contributed by atoms with E-state index >= 15 is 0 Å². The molecule has 29 heavy (non-hydrogen) atoms. The van der Waals surface area contributed by atoms with Crippen LogP contribution in [0.1, 0.15) is 5.56 Å². The predicted molar refractivity (Wildman–Crippen MR) is 115 cm³/mol. The molecule has 0 aliphatic carbocycles. The van der Waals surface area contributed by atoms with Crippen molar-refractivity contribution in [3.05, 3.63) is 53.1 Å². The van der Waals surface area contributed by atoms with E-state index in [2.05, 4.69) is 23.2 Å². The van der Waals surface area contributed by atoms with Gasteiger partial charge in [-0.25, -0.2) is 0 Å². The van der Waals surface area contributed by atoms with Gasteiger partial charge >= 0.3 is 0 Å². The van der Waals surface area contributed by atoms with Crippen LogP contribution >= 0.6 is 11.6 Å². The molecule has 1 aliphatic heterocycles. The van der Waals surface area contributed by atoms with Crippen molar-refractivity contribution >= 4 is 23.2 Å². The zero-order valence-electron chi connectivity index (χ0n) is 17.0. The maximum atomic E-state index is 12.3. The summed E-state index contributed by atoms with van der Waals surface area (Å²) in [6, 6.07) is 13.5. The van der Waals surface area contributed by atoms with E-state index in [0.717, 1.165) is 31.2 Å². The number of aryl methyl sites for hydroxylation is 1. The zero-order chi connectivity index (χ0) is 20.6. The highest BCUT2D eigenvalue weighted by atomic mass is 35.5. The van der Waals surface area contributed by atoms with Gasteiger partial charge in [0.15, 0.2) is 18.0 Å². The fourth-order valence-electron chi connectivity index (χ4n) is 3.54. The Balaban J connectivity index is 1.37. The van der Waals surface area contributed by atoms with E-state index in [0.29, 0.717) is 31.2 Å². The standard InChI is InChI=1S/C22H28ClN3O3/c1-17-7-8-18(23)15-19(17)26-12-10-25(11-13-26)16-22(27)24-9-14-29-21-6-4-3-5-20(21)28-2/h3-8,15H,9-14,16H2,1-2H3,(H,24,27)/p+1. The van der Waals surface area contributed by atoms with Crippen LogP contribution in [0.2, 0.25) is 5.02 Å². The number of nitrogens with one attached hydrogen (secondary N) is 2. The molecule has 0 bridgehead atoms. The van der Waals surface area contributed by atoms with Gasteiger partial charge in [0.25, 0.3) is 5.91 Å². The van der Waals surface area contributed by atoms with Gasteiger partial charge in [0.05, 0.1) is 39.8 Å². The molecular formula is C22H29ClN3O3+. The third kappa shape index (κ3) is 6.02. The number of amides is 1. The van der Waals surface area contributed by atoms with Crippen molar-refractivity contribution in [1.29, 1.82) is 0 Å². The molecule has 156 valence electrons. The number of para-hydroxylation sites is 2. The van der Waals surface area contributed by atoms with Crippen LogP contribution < -0.4 is 24.6 Å². The molecule has 6 nitrogen and oxygen atoms in total. The van der Waals surface area contributed by atoms with Crippen LogP contribution in [-0.2, 0) is 4.79 Å². The van der Waals surface area contributed by atoms with Crippen LogP contribution in [0.3, 0.4) is 0 Å². The molecular weight excluding hydrogens is 390 g/mol. The Hall–Kier alpha value is -2.44. The molecule has 2 N–H and O–H groups in total. The van der Waals surface area contributed by atoms with Crippen molar-refractivity contribution in [2.45, 2.75) is 6.92 Å². The van der Waals surface area contributed by atoms with Crippen molar-refractivity contribution < 1.29 is 19.2 Å². The summed E-state index contributed by atoms with van der Waals surface area (Å²) >= 11 is 6.15. The summed E-state index contributed by atoms with van der Waals surface area (Å²) in [5.74, 6) is 1.43. The minimum absolute atomic E-state index is 0.0519. The topological polar surface area (TPSA) is 55.2 Å². The van der Waals surface area contributed by atoms with E-state index in [1.807, 2.05) is 36.4 Å².